The first kappa shape index (κ1) is 22.2. The zero-order valence-corrected chi connectivity index (χ0v) is 17.0. The van der Waals surface area contributed by atoms with Crippen molar-refractivity contribution in [1.29, 1.82) is 0 Å². The van der Waals surface area contributed by atoms with Crippen LogP contribution in [0.2, 0.25) is 0 Å². The number of hydrogen-bond donors (Lipinski definition) is 5. The molecule has 9 heteroatoms. The third kappa shape index (κ3) is 5.04. The van der Waals surface area contributed by atoms with Crippen LogP contribution in [0.15, 0.2) is 0 Å². The average molecular weight is 411 g/mol. The van der Waals surface area contributed by atoms with E-state index in [1.54, 1.807) is 13.2 Å². The van der Waals surface area contributed by atoms with Crippen molar-refractivity contribution in [2.45, 2.75) is 80.4 Å². The van der Waals surface area contributed by atoms with Gasteiger partial charge in [0.2, 0.25) is 5.91 Å². The number of alkyl halides is 1. The van der Waals surface area contributed by atoms with Gasteiger partial charge in [-0.25, -0.2) is 0 Å². The van der Waals surface area contributed by atoms with Crippen molar-refractivity contribution in [3.8, 4) is 0 Å². The van der Waals surface area contributed by atoms with Crippen LogP contribution in [-0.4, -0.2) is 81.3 Å². The Hall–Kier alpha value is -0.0900. The number of carbonyl (C=O) groups excluding carboxylic acids is 1. The molecular weight excluding hydrogens is 380 g/mol. The second-order valence-corrected chi connectivity index (χ2v) is 8.82. The third-order valence-electron chi connectivity index (χ3n) is 5.40. The topological polar surface area (TPSA) is 111 Å². The molecule has 9 atom stereocenters. The number of ether oxygens (including phenoxy) is 1. The molecule has 2 saturated heterocycles. The maximum atomic E-state index is 12.7. The number of halogens is 1. The molecule has 0 spiro atoms. The van der Waals surface area contributed by atoms with Gasteiger partial charge in [-0.15, -0.1) is 23.4 Å². The van der Waals surface area contributed by atoms with Gasteiger partial charge in [0, 0.05) is 0 Å². The highest BCUT2D eigenvalue weighted by Gasteiger charge is 2.48. The van der Waals surface area contributed by atoms with Crippen molar-refractivity contribution >= 4 is 29.3 Å². The van der Waals surface area contributed by atoms with Crippen molar-refractivity contribution in [2.24, 2.45) is 5.92 Å². The Bertz CT molecular complexity index is 470. The number of aliphatic hydroxyl groups is 3. The predicted octanol–water partition coefficient (Wildman–Crippen LogP) is 0.0473. The number of aliphatic hydroxyl groups excluding tert-OH is 3. The molecule has 5 N–H and O–H groups in total. The minimum atomic E-state index is -1.36. The average Bonchev–Trinajstić information content (AvgIpc) is 2.64. The van der Waals surface area contributed by atoms with Gasteiger partial charge in [0.25, 0.3) is 0 Å². The summed E-state index contributed by atoms with van der Waals surface area (Å²) in [5.74, 6) is 0.325. The van der Waals surface area contributed by atoms with E-state index >= 15 is 0 Å². The maximum absolute atomic E-state index is 12.7. The fourth-order valence-electron chi connectivity index (χ4n) is 3.66. The van der Waals surface area contributed by atoms with Gasteiger partial charge in [0.05, 0.1) is 17.5 Å². The molecule has 7 nitrogen and oxygen atoms in total. The number of nitrogens with one attached hydrogen (secondary N) is 2. The van der Waals surface area contributed by atoms with Crippen LogP contribution in [0.4, 0.5) is 0 Å². The van der Waals surface area contributed by atoms with E-state index in [9.17, 15) is 20.1 Å². The zero-order chi connectivity index (χ0) is 19.4. The van der Waals surface area contributed by atoms with Gasteiger partial charge in [-0.2, -0.15) is 0 Å². The summed E-state index contributed by atoms with van der Waals surface area (Å²) >= 11 is 7.51. The van der Waals surface area contributed by atoms with Gasteiger partial charge < -0.3 is 30.7 Å². The van der Waals surface area contributed by atoms with Crippen LogP contribution >= 0.6 is 23.4 Å². The lowest BCUT2D eigenvalue weighted by Crippen LogP contribution is -2.65. The summed E-state index contributed by atoms with van der Waals surface area (Å²) in [6.45, 7) is 4.62. The molecule has 0 aliphatic carbocycles. The zero-order valence-electron chi connectivity index (χ0n) is 15.5. The molecule has 0 saturated carbocycles. The fraction of sp³-hybridized carbons (Fsp3) is 0.941. The molecule has 0 unspecified atom stereocenters. The Kier molecular flexibility index (Phi) is 8.46. The molecule has 0 bridgehead atoms. The molecule has 2 heterocycles. The van der Waals surface area contributed by atoms with Crippen LogP contribution in [0.1, 0.15) is 33.1 Å². The lowest BCUT2D eigenvalue weighted by molar-refractivity contribution is -0.205. The quantitative estimate of drug-likeness (QED) is 0.393. The molecular formula is C17H31ClN2O5S. The third-order valence-corrected chi connectivity index (χ3v) is 6.53. The van der Waals surface area contributed by atoms with Crippen LogP contribution in [0.25, 0.3) is 0 Å². The number of carbonyl (C=O) groups is 1. The number of amides is 1. The Morgan fingerprint density at radius 3 is 2.62 bits per heavy atom. The minimum Gasteiger partial charge on any atom is -0.388 e. The van der Waals surface area contributed by atoms with Crippen LogP contribution in [-0.2, 0) is 9.53 Å². The number of rotatable bonds is 6. The summed E-state index contributed by atoms with van der Waals surface area (Å²) in [5.41, 5.74) is -0.703. The molecule has 0 aromatic carbocycles. The molecule has 0 aromatic rings. The summed E-state index contributed by atoms with van der Waals surface area (Å²) in [7, 11) is 0. The number of piperidine rings is 1. The van der Waals surface area contributed by atoms with E-state index in [0.717, 1.165) is 25.8 Å². The normalized spacial score (nSPS) is 40.7. The highest BCUT2D eigenvalue weighted by atomic mass is 35.5. The van der Waals surface area contributed by atoms with E-state index in [-0.39, 0.29) is 11.9 Å². The highest BCUT2D eigenvalue weighted by molar-refractivity contribution is 7.99. The lowest BCUT2D eigenvalue weighted by Gasteiger charge is -2.44. The van der Waals surface area contributed by atoms with E-state index in [0.29, 0.717) is 5.92 Å². The SMILES string of the molecule is CC[C@@H]1CCN[C@H](C(=O)N[C@@H]([C@H]2O[C@H](SC)[C@H](O)[C@@H](O)[C@H]2O)[C@@H](C)Cl)C1. The van der Waals surface area contributed by atoms with Gasteiger partial charge >= 0.3 is 0 Å². The molecule has 2 rings (SSSR count). The first-order chi connectivity index (χ1) is 12.3. The van der Waals surface area contributed by atoms with Gasteiger partial charge in [-0.3, -0.25) is 4.79 Å². The Morgan fingerprint density at radius 2 is 2.04 bits per heavy atom. The largest absolute Gasteiger partial charge is 0.388 e. The van der Waals surface area contributed by atoms with Gasteiger partial charge in [0.1, 0.15) is 29.9 Å². The van der Waals surface area contributed by atoms with Crippen molar-refractivity contribution in [3.05, 3.63) is 0 Å². The predicted molar refractivity (Wildman–Crippen MR) is 102 cm³/mol. The summed E-state index contributed by atoms with van der Waals surface area (Å²) < 4.78 is 5.77. The van der Waals surface area contributed by atoms with Crippen molar-refractivity contribution in [1.82, 2.24) is 10.6 Å². The number of thioether (sulfide) groups is 1. The molecule has 2 fully saturated rings. The van der Waals surface area contributed by atoms with E-state index in [1.807, 2.05) is 0 Å². The van der Waals surface area contributed by atoms with Gasteiger partial charge in [0.15, 0.2) is 0 Å². The summed E-state index contributed by atoms with van der Waals surface area (Å²) in [6, 6.07) is -1.00. The van der Waals surface area contributed by atoms with Crippen molar-refractivity contribution in [2.75, 3.05) is 12.8 Å². The Morgan fingerprint density at radius 1 is 1.35 bits per heavy atom. The Labute approximate surface area is 164 Å². The second kappa shape index (κ2) is 9.91. The molecule has 26 heavy (non-hydrogen) atoms. The molecule has 1 amide bonds. The molecule has 0 radical (unpaired) electrons. The first-order valence-corrected chi connectivity index (χ1v) is 10.9. The minimum absolute atomic E-state index is 0.183. The highest BCUT2D eigenvalue weighted by Crippen LogP contribution is 2.30. The Balaban J connectivity index is 2.09. The first-order valence-electron chi connectivity index (χ1n) is 9.20. The van der Waals surface area contributed by atoms with E-state index in [1.165, 1.54) is 11.8 Å². The van der Waals surface area contributed by atoms with Gasteiger partial charge in [-0.05, 0) is 38.5 Å². The summed E-state index contributed by atoms with van der Waals surface area (Å²) in [5, 5.41) is 36.1. The molecule has 2 aliphatic rings. The van der Waals surface area contributed by atoms with E-state index < -0.39 is 41.3 Å². The van der Waals surface area contributed by atoms with Crippen LogP contribution < -0.4 is 10.6 Å². The van der Waals surface area contributed by atoms with Crippen LogP contribution in [0.5, 0.6) is 0 Å². The molecule has 0 aromatic heterocycles. The monoisotopic (exact) mass is 410 g/mol. The lowest BCUT2D eigenvalue weighted by atomic mass is 9.89. The summed E-state index contributed by atoms with van der Waals surface area (Å²) in [4.78, 5) is 12.7. The number of hydrogen-bond acceptors (Lipinski definition) is 7. The molecule has 2 aliphatic heterocycles. The fourth-order valence-corrected chi connectivity index (χ4v) is 4.54. The van der Waals surface area contributed by atoms with Crippen LogP contribution in [0, 0.1) is 5.92 Å². The smallest absolute Gasteiger partial charge is 0.237 e. The second-order valence-electron chi connectivity index (χ2n) is 7.19. The van der Waals surface area contributed by atoms with Gasteiger partial charge in [-0.1, -0.05) is 13.3 Å². The van der Waals surface area contributed by atoms with E-state index in [4.69, 9.17) is 16.3 Å². The van der Waals surface area contributed by atoms with Crippen molar-refractivity contribution in [3.63, 3.8) is 0 Å². The van der Waals surface area contributed by atoms with Crippen LogP contribution in [0.3, 0.4) is 0 Å². The maximum Gasteiger partial charge on any atom is 0.237 e. The summed E-state index contributed by atoms with van der Waals surface area (Å²) in [6.07, 6.45) is -0.236. The van der Waals surface area contributed by atoms with E-state index in [2.05, 4.69) is 17.6 Å². The standard InChI is InChI=1S/C17H31ClN2O5S/c1-4-9-5-6-19-10(7-9)16(24)20-11(8(2)18)15-13(22)12(21)14(23)17(25-15)26-3/h8-15,17,19,21-23H,4-7H2,1-3H3,(H,20,24)/t8-,9-,10+,11-,12+,13-,14-,15-,17-/m1/s1. The van der Waals surface area contributed by atoms with Crippen molar-refractivity contribution < 1.29 is 24.9 Å². The molecule has 152 valence electrons.